The zero-order valence-corrected chi connectivity index (χ0v) is 18.5. The number of nitrogens with zero attached hydrogens (tertiary/aromatic N) is 1. The lowest BCUT2D eigenvalue weighted by Crippen LogP contribution is -2.26. The van der Waals surface area contributed by atoms with Crippen LogP contribution in [0.4, 0.5) is 4.79 Å². The van der Waals surface area contributed by atoms with Gasteiger partial charge in [-0.15, -0.1) is 0 Å². The van der Waals surface area contributed by atoms with Crippen LogP contribution in [0, 0.1) is 0 Å². The van der Waals surface area contributed by atoms with Gasteiger partial charge in [0.1, 0.15) is 6.61 Å². The Morgan fingerprint density at radius 2 is 1.67 bits per heavy atom. The summed E-state index contributed by atoms with van der Waals surface area (Å²) in [6.07, 6.45) is 5.09. The van der Waals surface area contributed by atoms with E-state index in [0.29, 0.717) is 18.2 Å². The zero-order chi connectivity index (χ0) is 22.6. The van der Waals surface area contributed by atoms with E-state index in [-0.39, 0.29) is 5.92 Å². The minimum Gasteiger partial charge on any atom is -0.449 e. The highest BCUT2D eigenvalue weighted by molar-refractivity contribution is 6.30. The summed E-state index contributed by atoms with van der Waals surface area (Å²) in [6, 6.07) is 24.1. The number of alkyl carbamates (subject to hydrolysis) is 1. The highest BCUT2D eigenvalue weighted by Crippen LogP contribution is 2.44. The van der Waals surface area contributed by atoms with E-state index < -0.39 is 6.09 Å². The quantitative estimate of drug-likeness (QED) is 0.359. The van der Waals surface area contributed by atoms with Crippen molar-refractivity contribution in [2.45, 2.75) is 5.92 Å². The van der Waals surface area contributed by atoms with Crippen molar-refractivity contribution in [1.82, 2.24) is 15.5 Å². The number of hydrogen-bond acceptors (Lipinski definition) is 3. The number of aromatic amines is 1. The maximum atomic E-state index is 12.3. The molecule has 0 saturated carbocycles. The maximum Gasteiger partial charge on any atom is 0.407 e. The molecule has 5 nitrogen and oxygen atoms in total. The lowest BCUT2D eigenvalue weighted by Gasteiger charge is -2.14. The van der Waals surface area contributed by atoms with Crippen molar-refractivity contribution < 1.29 is 9.53 Å². The highest BCUT2D eigenvalue weighted by Gasteiger charge is 2.28. The van der Waals surface area contributed by atoms with Crippen molar-refractivity contribution in [2.24, 2.45) is 0 Å². The Bertz CT molecular complexity index is 1270. The van der Waals surface area contributed by atoms with Crippen molar-refractivity contribution in [3.05, 3.63) is 107 Å². The minimum absolute atomic E-state index is 0.0477. The normalized spacial score (nSPS) is 12.5. The van der Waals surface area contributed by atoms with E-state index in [4.69, 9.17) is 16.3 Å². The topological polar surface area (TPSA) is 67.0 Å². The largest absolute Gasteiger partial charge is 0.449 e. The fraction of sp³-hybridized carbons (Fsp3) is 0.111. The zero-order valence-electron chi connectivity index (χ0n) is 17.8. The summed E-state index contributed by atoms with van der Waals surface area (Å²) in [4.78, 5) is 12.3. The first-order valence-electron chi connectivity index (χ1n) is 10.8. The monoisotopic (exact) mass is 455 g/mol. The molecule has 1 amide bonds. The lowest BCUT2D eigenvalue weighted by molar-refractivity contribution is 0.144. The molecular formula is C27H22ClN3O2. The van der Waals surface area contributed by atoms with Gasteiger partial charge in [0.2, 0.25) is 0 Å². The first-order valence-corrected chi connectivity index (χ1v) is 11.1. The Hall–Kier alpha value is -3.83. The molecule has 164 valence electrons. The first-order chi connectivity index (χ1) is 16.2. The van der Waals surface area contributed by atoms with Crippen LogP contribution in [0.1, 0.15) is 22.6 Å². The molecule has 4 aromatic rings. The number of ether oxygens (including phenoxy) is 1. The number of fused-ring (bicyclic) bond motifs is 3. The molecule has 2 N–H and O–H groups in total. The fourth-order valence-corrected chi connectivity index (χ4v) is 4.37. The Balaban J connectivity index is 1.17. The molecule has 1 aliphatic rings. The highest BCUT2D eigenvalue weighted by atomic mass is 35.5. The van der Waals surface area contributed by atoms with E-state index in [0.717, 1.165) is 16.8 Å². The van der Waals surface area contributed by atoms with Crippen LogP contribution < -0.4 is 5.32 Å². The predicted octanol–water partition coefficient (Wildman–Crippen LogP) is 6.28. The van der Waals surface area contributed by atoms with Crippen molar-refractivity contribution in [3.8, 4) is 22.4 Å². The van der Waals surface area contributed by atoms with Crippen LogP contribution in [0.3, 0.4) is 0 Å². The minimum atomic E-state index is -0.438. The number of carbonyl (C=O) groups excluding carboxylic acids is 1. The number of aromatic nitrogens is 2. The maximum absolute atomic E-state index is 12.3. The summed E-state index contributed by atoms with van der Waals surface area (Å²) >= 11 is 5.97. The van der Waals surface area contributed by atoms with Gasteiger partial charge in [-0.1, -0.05) is 84.4 Å². The van der Waals surface area contributed by atoms with Gasteiger partial charge >= 0.3 is 6.09 Å². The summed E-state index contributed by atoms with van der Waals surface area (Å²) in [5, 5.41) is 10.6. The molecule has 33 heavy (non-hydrogen) atoms. The first kappa shape index (κ1) is 21.0. The van der Waals surface area contributed by atoms with E-state index in [9.17, 15) is 4.79 Å². The summed E-state index contributed by atoms with van der Waals surface area (Å²) in [5.74, 6) is 0.0477. The number of nitrogens with one attached hydrogen (secondary N) is 2. The number of H-pyrrole nitrogens is 1. The van der Waals surface area contributed by atoms with Gasteiger partial charge in [-0.2, -0.15) is 5.10 Å². The Labute approximate surface area is 197 Å². The molecule has 0 aliphatic heterocycles. The third-order valence-corrected chi connectivity index (χ3v) is 6.06. The van der Waals surface area contributed by atoms with Gasteiger partial charge in [-0.3, -0.25) is 5.10 Å². The third kappa shape index (κ3) is 4.41. The molecule has 0 atom stereocenters. The number of halogens is 1. The molecule has 5 rings (SSSR count). The van der Waals surface area contributed by atoms with E-state index >= 15 is 0 Å². The average Bonchev–Trinajstić information content (AvgIpc) is 3.44. The Kier molecular flexibility index (Phi) is 5.96. The number of benzene rings is 3. The van der Waals surface area contributed by atoms with Gasteiger partial charge in [0.05, 0.1) is 11.9 Å². The summed E-state index contributed by atoms with van der Waals surface area (Å²) in [6.45, 7) is 0.647. The molecule has 3 aromatic carbocycles. The predicted molar refractivity (Wildman–Crippen MR) is 131 cm³/mol. The number of hydrogen-bond donors (Lipinski definition) is 2. The SMILES string of the molecule is O=C(NCC=Cc1cn[nH]c1-c1ccc(Cl)cc1)OCC1c2ccccc2-c2ccccc21. The molecular weight excluding hydrogens is 434 g/mol. The average molecular weight is 456 g/mol. The number of rotatable bonds is 6. The van der Waals surface area contributed by atoms with Crippen molar-refractivity contribution >= 4 is 23.8 Å². The summed E-state index contributed by atoms with van der Waals surface area (Å²) in [5.41, 5.74) is 7.61. The van der Waals surface area contributed by atoms with E-state index in [2.05, 4.69) is 39.8 Å². The second-order valence-electron chi connectivity index (χ2n) is 7.82. The van der Waals surface area contributed by atoms with Gasteiger partial charge < -0.3 is 10.1 Å². The van der Waals surface area contributed by atoms with E-state index in [1.165, 1.54) is 22.3 Å². The molecule has 1 heterocycles. The fourth-order valence-electron chi connectivity index (χ4n) is 4.25. The molecule has 1 aromatic heterocycles. The molecule has 0 radical (unpaired) electrons. The molecule has 0 spiro atoms. The van der Waals surface area contributed by atoms with E-state index in [1.54, 1.807) is 6.20 Å². The van der Waals surface area contributed by atoms with Gasteiger partial charge in [0, 0.05) is 28.6 Å². The molecule has 0 bridgehead atoms. The standard InChI is InChI=1S/C27H22ClN3O2/c28-20-13-11-18(12-14-20)26-19(16-30-31-26)6-5-15-29-27(32)33-17-25-23-9-3-1-7-21(23)22-8-2-4-10-24(22)25/h1-14,16,25H,15,17H2,(H,29,32)(H,30,31). The van der Waals surface area contributed by atoms with Crippen molar-refractivity contribution in [1.29, 1.82) is 0 Å². The van der Waals surface area contributed by atoms with Crippen LogP contribution in [0.15, 0.2) is 85.1 Å². The van der Waals surface area contributed by atoms with E-state index in [1.807, 2.05) is 60.7 Å². The summed E-state index contributed by atoms with van der Waals surface area (Å²) < 4.78 is 5.57. The smallest absolute Gasteiger partial charge is 0.407 e. The van der Waals surface area contributed by atoms with Crippen LogP contribution in [-0.4, -0.2) is 29.4 Å². The molecule has 6 heteroatoms. The molecule has 0 saturated heterocycles. The van der Waals surface area contributed by atoms with Gasteiger partial charge in [0.15, 0.2) is 0 Å². The Morgan fingerprint density at radius 3 is 2.36 bits per heavy atom. The number of carbonyl (C=O) groups is 1. The second-order valence-corrected chi connectivity index (χ2v) is 8.25. The van der Waals surface area contributed by atoms with Crippen LogP contribution in [0.5, 0.6) is 0 Å². The van der Waals surface area contributed by atoms with Crippen LogP contribution >= 0.6 is 11.6 Å². The van der Waals surface area contributed by atoms with Crippen molar-refractivity contribution in [3.63, 3.8) is 0 Å². The van der Waals surface area contributed by atoms with Gasteiger partial charge in [0.25, 0.3) is 0 Å². The third-order valence-electron chi connectivity index (χ3n) is 5.81. The van der Waals surface area contributed by atoms with Crippen molar-refractivity contribution in [2.75, 3.05) is 13.2 Å². The Morgan fingerprint density at radius 1 is 1.00 bits per heavy atom. The number of amides is 1. The molecule has 0 fully saturated rings. The lowest BCUT2D eigenvalue weighted by atomic mass is 9.98. The summed E-state index contributed by atoms with van der Waals surface area (Å²) in [7, 11) is 0. The van der Waals surface area contributed by atoms with Gasteiger partial charge in [-0.05, 0) is 34.4 Å². The van der Waals surface area contributed by atoms with Crippen LogP contribution in [0.25, 0.3) is 28.5 Å². The van der Waals surface area contributed by atoms with Crippen LogP contribution in [0.2, 0.25) is 5.02 Å². The van der Waals surface area contributed by atoms with Crippen LogP contribution in [-0.2, 0) is 4.74 Å². The van der Waals surface area contributed by atoms with Gasteiger partial charge in [-0.25, -0.2) is 4.79 Å². The second kappa shape index (κ2) is 9.35. The molecule has 0 unspecified atom stereocenters. The molecule has 1 aliphatic carbocycles.